The minimum atomic E-state index is -0.406. The molecule has 2 nitrogen and oxygen atoms in total. The fourth-order valence-electron chi connectivity index (χ4n) is 2.36. The van der Waals surface area contributed by atoms with Crippen molar-refractivity contribution in [3.8, 4) is 11.1 Å². The minimum Gasteiger partial charge on any atom is -0.464 e. The predicted molar refractivity (Wildman–Crippen MR) is 90.6 cm³/mol. The molecule has 0 fully saturated rings. The lowest BCUT2D eigenvalue weighted by atomic mass is 10.0. The number of benzene rings is 1. The van der Waals surface area contributed by atoms with E-state index in [0.717, 1.165) is 5.56 Å². The molecule has 0 bridgehead atoms. The van der Waals surface area contributed by atoms with E-state index in [-0.39, 0.29) is 11.8 Å². The van der Waals surface area contributed by atoms with E-state index in [2.05, 4.69) is 6.58 Å². The Balaban J connectivity index is 2.17. The van der Waals surface area contributed by atoms with Crippen molar-refractivity contribution in [1.82, 2.24) is 0 Å². The quantitative estimate of drug-likeness (QED) is 0.754. The van der Waals surface area contributed by atoms with Crippen LogP contribution in [0.15, 0.2) is 88.1 Å². The topological polar surface area (TPSA) is 30.2 Å². The summed E-state index contributed by atoms with van der Waals surface area (Å²) in [4.78, 5) is 12.8. The molecule has 1 aromatic heterocycles. The molecule has 1 aromatic carbocycles. The maximum atomic E-state index is 13.7. The SMILES string of the molecule is C=C1/C=C\C(F)=C/Cc2c(occ(-c3ccccc3)c2=O)/C=C\1. The molecule has 114 valence electrons. The molecule has 1 aliphatic carbocycles. The van der Waals surface area contributed by atoms with Crippen molar-refractivity contribution in [1.29, 1.82) is 0 Å². The summed E-state index contributed by atoms with van der Waals surface area (Å²) in [7, 11) is 0. The smallest absolute Gasteiger partial charge is 0.196 e. The van der Waals surface area contributed by atoms with Gasteiger partial charge in [-0.1, -0.05) is 49.1 Å². The van der Waals surface area contributed by atoms with E-state index in [1.54, 1.807) is 18.2 Å². The molecular formula is C20H15FO2. The van der Waals surface area contributed by atoms with Crippen LogP contribution in [0, 0.1) is 0 Å². The summed E-state index contributed by atoms with van der Waals surface area (Å²) in [5.41, 5.74) is 2.15. The molecule has 0 aliphatic heterocycles. The van der Waals surface area contributed by atoms with Crippen molar-refractivity contribution >= 4 is 6.08 Å². The van der Waals surface area contributed by atoms with Gasteiger partial charge in [-0.3, -0.25) is 4.79 Å². The van der Waals surface area contributed by atoms with Gasteiger partial charge in [0.2, 0.25) is 0 Å². The van der Waals surface area contributed by atoms with Crippen molar-refractivity contribution in [3.05, 3.63) is 100 Å². The first-order valence-corrected chi connectivity index (χ1v) is 7.26. The minimum absolute atomic E-state index is 0.152. The Labute approximate surface area is 133 Å². The first kappa shape index (κ1) is 15.0. The third-order valence-corrected chi connectivity index (χ3v) is 3.61. The van der Waals surface area contributed by atoms with E-state index in [1.807, 2.05) is 30.3 Å². The van der Waals surface area contributed by atoms with Gasteiger partial charge in [-0.25, -0.2) is 4.39 Å². The van der Waals surface area contributed by atoms with Crippen molar-refractivity contribution in [2.75, 3.05) is 0 Å². The molecule has 0 amide bonds. The molecule has 0 N–H and O–H groups in total. The second-order valence-electron chi connectivity index (χ2n) is 5.22. The van der Waals surface area contributed by atoms with Crippen LogP contribution in [0.2, 0.25) is 0 Å². The number of rotatable bonds is 1. The van der Waals surface area contributed by atoms with Gasteiger partial charge < -0.3 is 4.42 Å². The number of allylic oxidation sites excluding steroid dienone is 6. The molecule has 3 rings (SSSR count). The van der Waals surface area contributed by atoms with Crippen LogP contribution >= 0.6 is 0 Å². The highest BCUT2D eigenvalue weighted by Gasteiger charge is 2.13. The Hall–Kier alpha value is -2.94. The summed E-state index contributed by atoms with van der Waals surface area (Å²) in [5, 5.41) is 0. The normalized spacial score (nSPS) is 19.3. The first-order chi connectivity index (χ1) is 11.1. The molecule has 0 radical (unpaired) electrons. The lowest BCUT2D eigenvalue weighted by Crippen LogP contribution is -2.12. The highest BCUT2D eigenvalue weighted by atomic mass is 19.1. The number of hydrogen-bond acceptors (Lipinski definition) is 2. The Morgan fingerprint density at radius 1 is 1.04 bits per heavy atom. The Morgan fingerprint density at radius 3 is 2.57 bits per heavy atom. The summed E-state index contributed by atoms with van der Waals surface area (Å²) in [6.07, 6.45) is 9.28. The maximum Gasteiger partial charge on any atom is 0.196 e. The molecule has 0 atom stereocenters. The van der Waals surface area contributed by atoms with Crippen molar-refractivity contribution in [3.63, 3.8) is 0 Å². The second kappa shape index (κ2) is 6.44. The second-order valence-corrected chi connectivity index (χ2v) is 5.22. The van der Waals surface area contributed by atoms with Gasteiger partial charge in [0.05, 0.1) is 5.56 Å². The summed E-state index contributed by atoms with van der Waals surface area (Å²) in [5.74, 6) is 0.0205. The van der Waals surface area contributed by atoms with Gasteiger partial charge in [0.25, 0.3) is 0 Å². The maximum absolute atomic E-state index is 13.7. The van der Waals surface area contributed by atoms with Crippen molar-refractivity contribution in [2.45, 2.75) is 6.42 Å². The highest BCUT2D eigenvalue weighted by Crippen LogP contribution is 2.20. The zero-order valence-electron chi connectivity index (χ0n) is 12.5. The molecule has 3 heteroatoms. The zero-order valence-corrected chi connectivity index (χ0v) is 12.5. The fourth-order valence-corrected chi connectivity index (χ4v) is 2.36. The van der Waals surface area contributed by atoms with Gasteiger partial charge >= 0.3 is 0 Å². The van der Waals surface area contributed by atoms with E-state index in [4.69, 9.17) is 4.42 Å². The zero-order chi connectivity index (χ0) is 16.2. The Morgan fingerprint density at radius 2 is 1.78 bits per heavy atom. The molecule has 1 heterocycles. The van der Waals surface area contributed by atoms with Gasteiger partial charge in [-0.15, -0.1) is 0 Å². The largest absolute Gasteiger partial charge is 0.464 e. The van der Waals surface area contributed by atoms with Crippen LogP contribution in [0.3, 0.4) is 0 Å². The van der Waals surface area contributed by atoms with Crippen LogP contribution in [0.4, 0.5) is 4.39 Å². The van der Waals surface area contributed by atoms with Gasteiger partial charge in [-0.2, -0.15) is 0 Å². The number of fused-ring (bicyclic) bond motifs is 1. The van der Waals surface area contributed by atoms with Gasteiger partial charge in [0.1, 0.15) is 17.9 Å². The lowest BCUT2D eigenvalue weighted by molar-refractivity contribution is 0.532. The van der Waals surface area contributed by atoms with E-state index >= 15 is 0 Å². The lowest BCUT2D eigenvalue weighted by Gasteiger charge is -2.07. The van der Waals surface area contributed by atoms with Crippen LogP contribution in [-0.4, -0.2) is 0 Å². The predicted octanol–water partition coefficient (Wildman–Crippen LogP) is 4.84. The summed E-state index contributed by atoms with van der Waals surface area (Å²) < 4.78 is 19.4. The van der Waals surface area contributed by atoms with E-state index < -0.39 is 5.83 Å². The molecule has 0 unspecified atom stereocenters. The van der Waals surface area contributed by atoms with Gasteiger partial charge in [0, 0.05) is 12.0 Å². The third kappa shape index (κ3) is 3.29. The Bertz CT molecular complexity index is 884. The van der Waals surface area contributed by atoms with Crippen molar-refractivity contribution in [2.24, 2.45) is 0 Å². The van der Waals surface area contributed by atoms with E-state index in [0.29, 0.717) is 22.5 Å². The molecule has 0 spiro atoms. The number of halogens is 1. The Kier molecular flexibility index (Phi) is 4.20. The summed E-state index contributed by atoms with van der Waals surface area (Å²) >= 11 is 0. The van der Waals surface area contributed by atoms with Crippen LogP contribution in [-0.2, 0) is 6.42 Å². The van der Waals surface area contributed by atoms with Gasteiger partial charge in [0.15, 0.2) is 5.43 Å². The molecule has 0 saturated carbocycles. The van der Waals surface area contributed by atoms with Crippen LogP contribution in [0.25, 0.3) is 17.2 Å². The summed E-state index contributed by atoms with van der Waals surface area (Å²) in [6, 6.07) is 9.28. The monoisotopic (exact) mass is 306 g/mol. The molecule has 2 aromatic rings. The molecular weight excluding hydrogens is 291 g/mol. The average molecular weight is 306 g/mol. The van der Waals surface area contributed by atoms with Crippen LogP contribution in [0.5, 0.6) is 0 Å². The molecule has 0 saturated heterocycles. The highest BCUT2D eigenvalue weighted by molar-refractivity contribution is 5.65. The fraction of sp³-hybridized carbons (Fsp3) is 0.0500. The molecule has 1 aliphatic rings. The average Bonchev–Trinajstić information content (AvgIpc) is 2.57. The van der Waals surface area contributed by atoms with E-state index in [1.165, 1.54) is 18.4 Å². The first-order valence-electron chi connectivity index (χ1n) is 7.26. The summed E-state index contributed by atoms with van der Waals surface area (Å²) in [6.45, 7) is 3.80. The molecule has 23 heavy (non-hydrogen) atoms. The van der Waals surface area contributed by atoms with E-state index in [9.17, 15) is 9.18 Å². The van der Waals surface area contributed by atoms with Crippen LogP contribution in [0.1, 0.15) is 11.3 Å². The van der Waals surface area contributed by atoms with Gasteiger partial charge in [-0.05, 0) is 29.4 Å². The van der Waals surface area contributed by atoms with Crippen LogP contribution < -0.4 is 5.43 Å². The third-order valence-electron chi connectivity index (χ3n) is 3.61. The van der Waals surface area contributed by atoms with Crippen molar-refractivity contribution < 1.29 is 8.81 Å². The number of hydrogen-bond donors (Lipinski definition) is 0. The standard InChI is InChI=1S/C20H15FO2/c1-14-7-9-16(21)10-11-17-19(12-8-14)23-13-18(20(17)22)15-5-3-2-4-6-15/h2-10,12-13H,1,11H2/b9-7-,12-8-,16-10+.